The van der Waals surface area contributed by atoms with Gasteiger partial charge in [0.2, 0.25) is 5.91 Å². The molecular weight excluding hydrogens is 272 g/mol. The Balaban J connectivity index is 2.45. The number of benzene rings is 1. The number of amides is 2. The molecule has 2 rings (SSSR count). The van der Waals surface area contributed by atoms with Crippen LogP contribution in [0.4, 0.5) is 5.69 Å². The third kappa shape index (κ3) is 2.66. The lowest BCUT2D eigenvalue weighted by Gasteiger charge is -2.39. The Hall–Kier alpha value is -2.24. The van der Waals surface area contributed by atoms with Crippen LogP contribution in [0.2, 0.25) is 0 Å². The summed E-state index contributed by atoms with van der Waals surface area (Å²) in [5.74, 6) is 0.795. The van der Waals surface area contributed by atoms with Gasteiger partial charge in [0.15, 0.2) is 0 Å². The lowest BCUT2D eigenvalue weighted by molar-refractivity contribution is -0.135. The fourth-order valence-electron chi connectivity index (χ4n) is 2.36. The fraction of sp³-hybridized carbons (Fsp3) is 0.467. The van der Waals surface area contributed by atoms with Crippen molar-refractivity contribution >= 4 is 17.5 Å². The van der Waals surface area contributed by atoms with Crippen LogP contribution in [-0.4, -0.2) is 38.1 Å². The minimum Gasteiger partial charge on any atom is -0.497 e. The molecular formula is C15H20N2O4. The van der Waals surface area contributed by atoms with Gasteiger partial charge in [0.1, 0.15) is 23.6 Å². The Morgan fingerprint density at radius 2 is 2.00 bits per heavy atom. The summed E-state index contributed by atoms with van der Waals surface area (Å²) in [4.78, 5) is 26.0. The number of hydrogen-bond donors (Lipinski definition) is 1. The Morgan fingerprint density at radius 1 is 1.29 bits per heavy atom. The molecule has 1 atom stereocenters. The van der Waals surface area contributed by atoms with Crippen molar-refractivity contribution in [2.45, 2.75) is 25.8 Å². The minimum absolute atomic E-state index is 0.0168. The summed E-state index contributed by atoms with van der Waals surface area (Å²) >= 11 is 0. The standard InChI is InChI=1S/C15H20N2O4/c1-5-15(2)14(19)17(9-13(18)16-15)11-7-6-10(20-3)8-12(11)21-4/h6-8H,5,9H2,1-4H3,(H,16,18). The number of nitrogens with zero attached hydrogens (tertiary/aromatic N) is 1. The van der Waals surface area contributed by atoms with Crippen molar-refractivity contribution in [3.63, 3.8) is 0 Å². The van der Waals surface area contributed by atoms with Crippen LogP contribution < -0.4 is 19.7 Å². The highest BCUT2D eigenvalue weighted by molar-refractivity contribution is 6.09. The molecule has 0 bridgehead atoms. The second kappa shape index (κ2) is 5.63. The van der Waals surface area contributed by atoms with E-state index in [1.54, 1.807) is 32.2 Å². The normalized spacial score (nSPS) is 22.0. The van der Waals surface area contributed by atoms with Crippen molar-refractivity contribution in [2.24, 2.45) is 0 Å². The molecule has 1 heterocycles. The number of methoxy groups -OCH3 is 2. The number of anilines is 1. The van der Waals surface area contributed by atoms with E-state index in [-0.39, 0.29) is 18.4 Å². The van der Waals surface area contributed by atoms with Crippen molar-refractivity contribution in [3.8, 4) is 11.5 Å². The Morgan fingerprint density at radius 3 is 2.57 bits per heavy atom. The molecule has 1 aromatic rings. The second-order valence-corrected chi connectivity index (χ2v) is 5.16. The molecule has 21 heavy (non-hydrogen) atoms. The average molecular weight is 292 g/mol. The highest BCUT2D eigenvalue weighted by atomic mass is 16.5. The molecule has 6 nitrogen and oxygen atoms in total. The van der Waals surface area contributed by atoms with Crippen LogP contribution in [0.25, 0.3) is 0 Å². The zero-order valence-corrected chi connectivity index (χ0v) is 12.7. The summed E-state index contributed by atoms with van der Waals surface area (Å²) in [5, 5.41) is 2.76. The molecule has 114 valence electrons. The Bertz CT molecular complexity index is 573. The van der Waals surface area contributed by atoms with Gasteiger partial charge in [-0.3, -0.25) is 14.5 Å². The maximum Gasteiger partial charge on any atom is 0.253 e. The number of piperazine rings is 1. The van der Waals surface area contributed by atoms with E-state index in [2.05, 4.69) is 5.32 Å². The van der Waals surface area contributed by atoms with Crippen LogP contribution in [0, 0.1) is 0 Å². The summed E-state index contributed by atoms with van der Waals surface area (Å²) in [6, 6.07) is 5.16. The lowest BCUT2D eigenvalue weighted by Crippen LogP contribution is -2.65. The third-order valence-corrected chi connectivity index (χ3v) is 3.82. The van der Waals surface area contributed by atoms with E-state index in [0.717, 1.165) is 0 Å². The molecule has 1 unspecified atom stereocenters. The molecule has 0 aromatic heterocycles. The lowest BCUT2D eigenvalue weighted by atomic mass is 9.94. The molecule has 1 aliphatic rings. The van der Waals surface area contributed by atoms with E-state index in [0.29, 0.717) is 23.6 Å². The highest BCUT2D eigenvalue weighted by Gasteiger charge is 2.42. The SMILES string of the molecule is CCC1(C)NC(=O)CN(c2ccc(OC)cc2OC)C1=O. The average Bonchev–Trinajstić information content (AvgIpc) is 2.50. The van der Waals surface area contributed by atoms with E-state index < -0.39 is 5.54 Å². The molecule has 0 spiro atoms. The van der Waals surface area contributed by atoms with E-state index >= 15 is 0 Å². The van der Waals surface area contributed by atoms with Crippen LogP contribution in [-0.2, 0) is 9.59 Å². The number of hydrogen-bond acceptors (Lipinski definition) is 4. The van der Waals surface area contributed by atoms with Gasteiger partial charge < -0.3 is 14.8 Å². The van der Waals surface area contributed by atoms with Crippen LogP contribution >= 0.6 is 0 Å². The van der Waals surface area contributed by atoms with Crippen molar-refractivity contribution in [1.82, 2.24) is 5.32 Å². The Kier molecular flexibility index (Phi) is 4.06. The number of carbonyl (C=O) groups excluding carboxylic acids is 2. The predicted molar refractivity (Wildman–Crippen MR) is 78.7 cm³/mol. The zero-order valence-electron chi connectivity index (χ0n) is 12.7. The number of nitrogens with one attached hydrogen (secondary N) is 1. The van der Waals surface area contributed by atoms with Crippen LogP contribution in [0.3, 0.4) is 0 Å². The second-order valence-electron chi connectivity index (χ2n) is 5.16. The van der Waals surface area contributed by atoms with Crippen LogP contribution in [0.1, 0.15) is 20.3 Å². The molecule has 1 saturated heterocycles. The van der Waals surface area contributed by atoms with E-state index in [4.69, 9.17) is 9.47 Å². The summed E-state index contributed by atoms with van der Waals surface area (Å²) in [6.45, 7) is 3.58. The third-order valence-electron chi connectivity index (χ3n) is 3.82. The quantitative estimate of drug-likeness (QED) is 0.909. The largest absolute Gasteiger partial charge is 0.497 e. The van der Waals surface area contributed by atoms with Crippen molar-refractivity contribution in [2.75, 3.05) is 25.7 Å². The molecule has 0 saturated carbocycles. The van der Waals surface area contributed by atoms with Gasteiger partial charge in [-0.05, 0) is 25.5 Å². The van der Waals surface area contributed by atoms with Gasteiger partial charge in [-0.1, -0.05) is 6.92 Å². The maximum absolute atomic E-state index is 12.7. The van der Waals surface area contributed by atoms with E-state index in [9.17, 15) is 9.59 Å². The van der Waals surface area contributed by atoms with Gasteiger partial charge in [-0.15, -0.1) is 0 Å². The molecule has 0 aliphatic carbocycles. The summed E-state index contributed by atoms with van der Waals surface area (Å²) in [5.41, 5.74) is -0.321. The number of ether oxygens (including phenoxy) is 2. The van der Waals surface area contributed by atoms with Gasteiger partial charge in [0.25, 0.3) is 5.91 Å². The number of rotatable bonds is 4. The molecule has 1 fully saturated rings. The smallest absolute Gasteiger partial charge is 0.253 e. The Labute approximate surface area is 124 Å². The molecule has 1 aromatic carbocycles. The summed E-state index contributed by atoms with van der Waals surface area (Å²) in [6.07, 6.45) is 0.520. The molecule has 6 heteroatoms. The predicted octanol–water partition coefficient (Wildman–Crippen LogP) is 1.34. The minimum atomic E-state index is -0.889. The molecule has 0 radical (unpaired) electrons. The van der Waals surface area contributed by atoms with Crippen LogP contribution in [0.15, 0.2) is 18.2 Å². The summed E-state index contributed by atoms with van der Waals surface area (Å²) < 4.78 is 10.5. The first-order chi connectivity index (χ1) is 9.95. The molecule has 1 aliphatic heterocycles. The maximum atomic E-state index is 12.7. The first-order valence-electron chi connectivity index (χ1n) is 6.80. The molecule has 1 N–H and O–H groups in total. The first kappa shape index (κ1) is 15.2. The van der Waals surface area contributed by atoms with Crippen LogP contribution in [0.5, 0.6) is 11.5 Å². The monoisotopic (exact) mass is 292 g/mol. The van der Waals surface area contributed by atoms with Gasteiger partial charge in [-0.2, -0.15) is 0 Å². The van der Waals surface area contributed by atoms with Gasteiger partial charge in [0.05, 0.1) is 19.9 Å². The highest BCUT2D eigenvalue weighted by Crippen LogP contribution is 2.34. The van der Waals surface area contributed by atoms with Gasteiger partial charge in [0, 0.05) is 6.07 Å². The first-order valence-corrected chi connectivity index (χ1v) is 6.80. The molecule has 2 amide bonds. The van der Waals surface area contributed by atoms with Crippen molar-refractivity contribution in [3.05, 3.63) is 18.2 Å². The van der Waals surface area contributed by atoms with Gasteiger partial charge in [-0.25, -0.2) is 0 Å². The zero-order chi connectivity index (χ0) is 15.6. The number of carbonyl (C=O) groups is 2. The topological polar surface area (TPSA) is 67.9 Å². The van der Waals surface area contributed by atoms with Crippen molar-refractivity contribution < 1.29 is 19.1 Å². The summed E-state index contributed by atoms with van der Waals surface area (Å²) in [7, 11) is 3.08. The van der Waals surface area contributed by atoms with Gasteiger partial charge >= 0.3 is 0 Å². The van der Waals surface area contributed by atoms with E-state index in [1.807, 2.05) is 6.92 Å². The van der Waals surface area contributed by atoms with Crippen molar-refractivity contribution in [1.29, 1.82) is 0 Å². The van der Waals surface area contributed by atoms with E-state index in [1.165, 1.54) is 12.0 Å². The fourth-order valence-corrected chi connectivity index (χ4v) is 2.36.